The van der Waals surface area contributed by atoms with Crippen molar-refractivity contribution >= 4 is 23.2 Å². The summed E-state index contributed by atoms with van der Waals surface area (Å²) in [4.78, 5) is 0. The summed E-state index contributed by atoms with van der Waals surface area (Å²) < 4.78 is 17.4. The zero-order valence-corrected chi connectivity index (χ0v) is 9.35. The minimum Gasteiger partial charge on any atom is -0.489 e. The highest BCUT2D eigenvalue weighted by Crippen LogP contribution is 2.26. The molecule has 0 radical (unpaired) electrons. The summed E-state index contributed by atoms with van der Waals surface area (Å²) in [7, 11) is 0. The van der Waals surface area contributed by atoms with Gasteiger partial charge in [0.15, 0.2) is 0 Å². The lowest BCUT2D eigenvalue weighted by atomic mass is 10.3. The second kappa shape index (κ2) is 5.95. The zero-order chi connectivity index (χ0) is 11.3. The van der Waals surface area contributed by atoms with E-state index in [4.69, 9.17) is 33.7 Å². The molecule has 0 aliphatic heterocycles. The molecule has 0 aliphatic carbocycles. The molecule has 0 fully saturated rings. The van der Waals surface area contributed by atoms with Crippen molar-refractivity contribution in [3.05, 3.63) is 40.1 Å². The Morgan fingerprint density at radius 2 is 2.13 bits per heavy atom. The molecule has 0 heterocycles. The smallest absolute Gasteiger partial charge is 0.121 e. The Morgan fingerprint density at radius 1 is 1.40 bits per heavy atom. The molecule has 0 spiro atoms. The fraction of sp³-hybridized carbons (Fsp3) is 0.200. The minimum absolute atomic E-state index is 0.102. The van der Waals surface area contributed by atoms with Crippen molar-refractivity contribution in [2.75, 3.05) is 13.2 Å². The normalized spacial score (nSPS) is 11.6. The van der Waals surface area contributed by atoms with E-state index in [1.165, 1.54) is 0 Å². The monoisotopic (exact) mass is 249 g/mol. The highest BCUT2D eigenvalue weighted by Gasteiger charge is 2.01. The van der Waals surface area contributed by atoms with Crippen LogP contribution < -0.4 is 10.5 Å². The summed E-state index contributed by atoms with van der Waals surface area (Å²) in [6.45, 7) is 0.225. The predicted molar refractivity (Wildman–Crippen MR) is 60.2 cm³/mol. The number of benzene rings is 1. The standard InChI is InChI=1S/C10H10Cl2FNO/c11-9-2-1-8(3-10(9)12)15-6-7(4-13)5-14/h1-4H,5-6,14H2/b7-4+. The van der Waals surface area contributed by atoms with Crippen molar-refractivity contribution in [3.63, 3.8) is 0 Å². The van der Waals surface area contributed by atoms with Gasteiger partial charge in [0.2, 0.25) is 0 Å². The molecule has 0 saturated carbocycles. The highest BCUT2D eigenvalue weighted by atomic mass is 35.5. The number of hydrogen-bond donors (Lipinski definition) is 1. The lowest BCUT2D eigenvalue weighted by Gasteiger charge is -2.07. The number of nitrogens with two attached hydrogens (primary N) is 1. The first-order valence-electron chi connectivity index (χ1n) is 4.23. The van der Waals surface area contributed by atoms with Crippen molar-refractivity contribution in [2.45, 2.75) is 0 Å². The second-order valence-electron chi connectivity index (χ2n) is 2.84. The van der Waals surface area contributed by atoms with Crippen LogP contribution in [-0.4, -0.2) is 13.2 Å². The quantitative estimate of drug-likeness (QED) is 0.890. The van der Waals surface area contributed by atoms with Crippen LogP contribution >= 0.6 is 23.2 Å². The van der Waals surface area contributed by atoms with Crippen LogP contribution in [0.5, 0.6) is 5.75 Å². The van der Waals surface area contributed by atoms with Crippen molar-refractivity contribution in [2.24, 2.45) is 5.73 Å². The van der Waals surface area contributed by atoms with Gasteiger partial charge < -0.3 is 10.5 Å². The van der Waals surface area contributed by atoms with Gasteiger partial charge in [0.1, 0.15) is 12.4 Å². The van der Waals surface area contributed by atoms with E-state index in [0.29, 0.717) is 27.7 Å². The summed E-state index contributed by atoms with van der Waals surface area (Å²) in [5.41, 5.74) is 5.64. The van der Waals surface area contributed by atoms with Gasteiger partial charge in [-0.05, 0) is 12.1 Å². The van der Waals surface area contributed by atoms with E-state index in [2.05, 4.69) is 0 Å². The van der Waals surface area contributed by atoms with Gasteiger partial charge in [-0.2, -0.15) is 0 Å². The molecule has 0 atom stereocenters. The molecule has 0 bridgehead atoms. The first-order valence-corrected chi connectivity index (χ1v) is 4.99. The van der Waals surface area contributed by atoms with E-state index >= 15 is 0 Å². The Hall–Kier alpha value is -0.770. The Labute approximate surface area is 97.4 Å². The van der Waals surface area contributed by atoms with Crippen LogP contribution in [0.3, 0.4) is 0 Å². The SMILES string of the molecule is NC/C(=C\F)COc1ccc(Cl)c(Cl)c1. The summed E-state index contributed by atoms with van der Waals surface area (Å²) >= 11 is 11.5. The summed E-state index contributed by atoms with van der Waals surface area (Å²) in [5, 5.41) is 0.844. The number of ether oxygens (including phenoxy) is 1. The predicted octanol–water partition coefficient (Wildman–Crippen LogP) is 3.18. The van der Waals surface area contributed by atoms with E-state index in [-0.39, 0.29) is 13.2 Å². The van der Waals surface area contributed by atoms with E-state index in [1.54, 1.807) is 18.2 Å². The molecular formula is C10H10Cl2FNO. The minimum atomic E-state index is 0.102. The first-order chi connectivity index (χ1) is 7.17. The molecule has 1 rings (SSSR count). The van der Waals surface area contributed by atoms with E-state index < -0.39 is 0 Å². The van der Waals surface area contributed by atoms with Crippen molar-refractivity contribution in [3.8, 4) is 5.75 Å². The highest BCUT2D eigenvalue weighted by molar-refractivity contribution is 6.42. The van der Waals surface area contributed by atoms with Crippen molar-refractivity contribution < 1.29 is 9.13 Å². The molecule has 1 aromatic rings. The largest absolute Gasteiger partial charge is 0.489 e. The van der Waals surface area contributed by atoms with Gasteiger partial charge in [0.05, 0.1) is 16.4 Å². The summed E-state index contributed by atoms with van der Waals surface area (Å²) in [5.74, 6) is 0.525. The molecule has 0 aromatic heterocycles. The van der Waals surface area contributed by atoms with Crippen LogP contribution in [0.1, 0.15) is 0 Å². The molecule has 82 valence electrons. The fourth-order valence-electron chi connectivity index (χ4n) is 0.878. The van der Waals surface area contributed by atoms with E-state index in [0.717, 1.165) is 0 Å². The maximum Gasteiger partial charge on any atom is 0.121 e. The third kappa shape index (κ3) is 3.70. The maximum absolute atomic E-state index is 12.1. The van der Waals surface area contributed by atoms with Gasteiger partial charge in [-0.3, -0.25) is 0 Å². The van der Waals surface area contributed by atoms with Crippen LogP contribution in [0.25, 0.3) is 0 Å². The zero-order valence-electron chi connectivity index (χ0n) is 7.84. The molecule has 1 aromatic carbocycles. The molecule has 2 N–H and O–H groups in total. The average molecular weight is 250 g/mol. The molecule has 15 heavy (non-hydrogen) atoms. The first kappa shape index (κ1) is 12.3. The Bertz CT molecular complexity index is 368. The molecule has 5 heteroatoms. The lowest BCUT2D eigenvalue weighted by molar-refractivity contribution is 0.347. The van der Waals surface area contributed by atoms with Crippen LogP contribution in [0.2, 0.25) is 10.0 Å². The van der Waals surface area contributed by atoms with Gasteiger partial charge in [-0.25, -0.2) is 4.39 Å². The Morgan fingerprint density at radius 3 is 2.67 bits per heavy atom. The number of rotatable bonds is 4. The molecule has 0 amide bonds. The second-order valence-corrected chi connectivity index (χ2v) is 3.65. The Balaban J connectivity index is 2.62. The van der Waals surface area contributed by atoms with Crippen LogP contribution in [0.15, 0.2) is 30.1 Å². The fourth-order valence-corrected chi connectivity index (χ4v) is 1.17. The molecule has 2 nitrogen and oxygen atoms in total. The number of halogens is 3. The summed E-state index contributed by atoms with van der Waals surface area (Å²) in [6.07, 6.45) is 0.442. The molecule has 0 unspecified atom stereocenters. The van der Waals surface area contributed by atoms with Gasteiger partial charge in [0, 0.05) is 18.2 Å². The van der Waals surface area contributed by atoms with Gasteiger partial charge in [-0.15, -0.1) is 0 Å². The third-order valence-corrected chi connectivity index (χ3v) is 2.47. The van der Waals surface area contributed by atoms with Crippen molar-refractivity contribution in [1.29, 1.82) is 0 Å². The molecular weight excluding hydrogens is 240 g/mol. The van der Waals surface area contributed by atoms with Crippen LogP contribution in [0.4, 0.5) is 4.39 Å². The average Bonchev–Trinajstić information content (AvgIpc) is 2.24. The Kier molecular flexibility index (Phi) is 4.88. The van der Waals surface area contributed by atoms with Gasteiger partial charge in [-0.1, -0.05) is 23.2 Å². The summed E-state index contributed by atoms with van der Waals surface area (Å²) in [6, 6.07) is 4.83. The van der Waals surface area contributed by atoms with Crippen molar-refractivity contribution in [1.82, 2.24) is 0 Å². The molecule has 0 saturated heterocycles. The maximum atomic E-state index is 12.1. The third-order valence-electron chi connectivity index (χ3n) is 1.73. The van der Waals surface area contributed by atoms with Gasteiger partial charge in [0.25, 0.3) is 0 Å². The van der Waals surface area contributed by atoms with Crippen LogP contribution in [0, 0.1) is 0 Å². The topological polar surface area (TPSA) is 35.2 Å². The lowest BCUT2D eigenvalue weighted by Crippen LogP contribution is -2.10. The van der Waals surface area contributed by atoms with Gasteiger partial charge >= 0.3 is 0 Å². The van der Waals surface area contributed by atoms with E-state index in [1.807, 2.05) is 0 Å². The van der Waals surface area contributed by atoms with E-state index in [9.17, 15) is 4.39 Å². The number of hydrogen-bond acceptors (Lipinski definition) is 2. The van der Waals surface area contributed by atoms with Crippen LogP contribution in [-0.2, 0) is 0 Å². The molecule has 0 aliphatic rings.